The molecule has 0 heterocycles. The molecule has 0 aromatic heterocycles. The Morgan fingerprint density at radius 3 is 1.94 bits per heavy atom. The van der Waals surface area contributed by atoms with Crippen molar-refractivity contribution < 1.29 is 8.78 Å². The van der Waals surface area contributed by atoms with Crippen LogP contribution in [0.5, 0.6) is 0 Å². The molecule has 2 rings (SSSR count). The molecule has 0 fully saturated rings. The van der Waals surface area contributed by atoms with Gasteiger partial charge in [0.1, 0.15) is 0 Å². The van der Waals surface area contributed by atoms with Gasteiger partial charge in [-0.15, -0.1) is 0 Å². The van der Waals surface area contributed by atoms with Crippen molar-refractivity contribution >= 4 is 0 Å². The minimum absolute atomic E-state index is 0.343. The maximum absolute atomic E-state index is 13.9. The first kappa shape index (κ1) is 11.8. The summed E-state index contributed by atoms with van der Waals surface area (Å²) in [6, 6.07) is 9.09. The fourth-order valence-corrected chi connectivity index (χ4v) is 1.99. The molecule has 0 saturated heterocycles. The van der Waals surface area contributed by atoms with E-state index in [1.54, 1.807) is 19.9 Å². The van der Waals surface area contributed by atoms with E-state index in [4.69, 9.17) is 0 Å². The zero-order valence-corrected chi connectivity index (χ0v) is 10.1. The number of benzene rings is 2. The smallest absolute Gasteiger partial charge is 0.167 e. The lowest BCUT2D eigenvalue weighted by atomic mass is 9.97. The molecule has 17 heavy (non-hydrogen) atoms. The van der Waals surface area contributed by atoms with Crippen LogP contribution >= 0.6 is 0 Å². The molecule has 2 aromatic rings. The Kier molecular flexibility index (Phi) is 2.97. The van der Waals surface area contributed by atoms with Gasteiger partial charge in [-0.25, -0.2) is 8.78 Å². The standard InChI is InChI=1S/C15H14F2/c1-9-4-6-12(7-5-9)13-10(2)8-11(3)14(16)15(13)17/h4-8H,1-3H3. The highest BCUT2D eigenvalue weighted by Crippen LogP contribution is 2.30. The number of aryl methyl sites for hydroxylation is 3. The Morgan fingerprint density at radius 1 is 0.765 bits per heavy atom. The number of halogens is 2. The fourth-order valence-electron chi connectivity index (χ4n) is 1.99. The maximum Gasteiger partial charge on any atom is 0.167 e. The summed E-state index contributed by atoms with van der Waals surface area (Å²) in [7, 11) is 0. The third-order valence-corrected chi connectivity index (χ3v) is 2.93. The predicted octanol–water partition coefficient (Wildman–Crippen LogP) is 4.56. The molecule has 0 amide bonds. The molecule has 0 spiro atoms. The maximum atomic E-state index is 13.9. The largest absolute Gasteiger partial charge is 0.203 e. The van der Waals surface area contributed by atoms with E-state index in [1.165, 1.54) is 0 Å². The average molecular weight is 232 g/mol. The Hall–Kier alpha value is -1.70. The monoisotopic (exact) mass is 232 g/mol. The molecule has 0 aliphatic carbocycles. The van der Waals surface area contributed by atoms with Gasteiger partial charge >= 0.3 is 0 Å². The average Bonchev–Trinajstić information content (AvgIpc) is 2.29. The van der Waals surface area contributed by atoms with Gasteiger partial charge in [0.05, 0.1) is 0 Å². The van der Waals surface area contributed by atoms with Gasteiger partial charge < -0.3 is 0 Å². The quantitative estimate of drug-likeness (QED) is 0.676. The van der Waals surface area contributed by atoms with Crippen molar-refractivity contribution in [1.29, 1.82) is 0 Å². The summed E-state index contributed by atoms with van der Waals surface area (Å²) >= 11 is 0. The van der Waals surface area contributed by atoms with Crippen LogP contribution in [0.1, 0.15) is 16.7 Å². The Bertz CT molecular complexity index is 554. The van der Waals surface area contributed by atoms with E-state index >= 15 is 0 Å². The lowest BCUT2D eigenvalue weighted by molar-refractivity contribution is 0.505. The van der Waals surface area contributed by atoms with Crippen LogP contribution in [0, 0.1) is 32.4 Å². The van der Waals surface area contributed by atoms with Gasteiger partial charge in [-0.2, -0.15) is 0 Å². The summed E-state index contributed by atoms with van der Waals surface area (Å²) in [5.41, 5.74) is 3.26. The third kappa shape index (κ3) is 2.07. The molecule has 88 valence electrons. The van der Waals surface area contributed by atoms with Crippen LogP contribution in [0.3, 0.4) is 0 Å². The Balaban J connectivity index is 2.67. The van der Waals surface area contributed by atoms with E-state index in [9.17, 15) is 8.78 Å². The number of rotatable bonds is 1. The minimum atomic E-state index is -0.758. The second-order valence-electron chi connectivity index (χ2n) is 4.38. The molecule has 2 heteroatoms. The summed E-state index contributed by atoms with van der Waals surface area (Å²) in [5, 5.41) is 0. The summed E-state index contributed by atoms with van der Waals surface area (Å²) in [4.78, 5) is 0. The second kappa shape index (κ2) is 4.28. The molecule has 0 nitrogen and oxygen atoms in total. The topological polar surface area (TPSA) is 0 Å². The lowest BCUT2D eigenvalue weighted by Crippen LogP contribution is -1.96. The highest BCUT2D eigenvalue weighted by Gasteiger charge is 2.15. The van der Waals surface area contributed by atoms with Gasteiger partial charge in [0.25, 0.3) is 0 Å². The fraction of sp³-hybridized carbons (Fsp3) is 0.200. The van der Waals surface area contributed by atoms with Gasteiger partial charge in [-0.3, -0.25) is 0 Å². The summed E-state index contributed by atoms with van der Waals surface area (Å²) in [6.45, 7) is 5.33. The van der Waals surface area contributed by atoms with Gasteiger partial charge in [-0.05, 0) is 37.5 Å². The van der Waals surface area contributed by atoms with Crippen molar-refractivity contribution in [1.82, 2.24) is 0 Å². The van der Waals surface area contributed by atoms with Gasteiger partial charge in [0.15, 0.2) is 11.6 Å². The normalized spacial score (nSPS) is 10.6. The van der Waals surface area contributed by atoms with Crippen LogP contribution in [0.4, 0.5) is 8.78 Å². The zero-order chi connectivity index (χ0) is 12.6. The number of hydrogen-bond donors (Lipinski definition) is 0. The van der Waals surface area contributed by atoms with Crippen molar-refractivity contribution in [3.05, 3.63) is 58.7 Å². The van der Waals surface area contributed by atoms with E-state index in [0.29, 0.717) is 16.7 Å². The molecule has 0 atom stereocenters. The molecular formula is C15H14F2. The molecule has 0 N–H and O–H groups in total. The first-order valence-electron chi connectivity index (χ1n) is 5.53. The number of hydrogen-bond acceptors (Lipinski definition) is 0. The van der Waals surface area contributed by atoms with Crippen LogP contribution in [-0.2, 0) is 0 Å². The van der Waals surface area contributed by atoms with Crippen molar-refractivity contribution in [2.24, 2.45) is 0 Å². The van der Waals surface area contributed by atoms with Crippen LogP contribution in [-0.4, -0.2) is 0 Å². The molecular weight excluding hydrogens is 218 g/mol. The summed E-state index contributed by atoms with van der Waals surface area (Å²) in [5.74, 6) is -1.52. The SMILES string of the molecule is Cc1ccc(-c2c(C)cc(C)c(F)c2F)cc1. The summed E-state index contributed by atoms with van der Waals surface area (Å²) in [6.07, 6.45) is 0. The predicted molar refractivity (Wildman–Crippen MR) is 66.0 cm³/mol. The highest BCUT2D eigenvalue weighted by atomic mass is 19.2. The minimum Gasteiger partial charge on any atom is -0.203 e. The lowest BCUT2D eigenvalue weighted by Gasteiger charge is -2.10. The van der Waals surface area contributed by atoms with E-state index in [2.05, 4.69) is 0 Å². The van der Waals surface area contributed by atoms with Crippen LogP contribution in [0.15, 0.2) is 30.3 Å². The molecule has 0 aliphatic heterocycles. The third-order valence-electron chi connectivity index (χ3n) is 2.93. The Labute approximate surface area is 99.9 Å². The van der Waals surface area contributed by atoms with E-state index < -0.39 is 11.6 Å². The Morgan fingerprint density at radius 2 is 1.35 bits per heavy atom. The van der Waals surface area contributed by atoms with Gasteiger partial charge in [0, 0.05) is 5.56 Å². The van der Waals surface area contributed by atoms with E-state index in [1.807, 2.05) is 31.2 Å². The van der Waals surface area contributed by atoms with Crippen molar-refractivity contribution in [3.63, 3.8) is 0 Å². The molecule has 0 unspecified atom stereocenters. The van der Waals surface area contributed by atoms with Crippen LogP contribution in [0.2, 0.25) is 0 Å². The first-order chi connectivity index (χ1) is 8.00. The van der Waals surface area contributed by atoms with E-state index in [-0.39, 0.29) is 0 Å². The molecule has 0 aliphatic rings. The van der Waals surface area contributed by atoms with Crippen molar-refractivity contribution in [3.8, 4) is 11.1 Å². The highest BCUT2D eigenvalue weighted by molar-refractivity contribution is 5.68. The van der Waals surface area contributed by atoms with Gasteiger partial charge in [-0.1, -0.05) is 35.9 Å². The van der Waals surface area contributed by atoms with E-state index in [0.717, 1.165) is 11.1 Å². The van der Waals surface area contributed by atoms with Crippen molar-refractivity contribution in [2.75, 3.05) is 0 Å². The second-order valence-corrected chi connectivity index (χ2v) is 4.38. The van der Waals surface area contributed by atoms with Crippen molar-refractivity contribution in [2.45, 2.75) is 20.8 Å². The zero-order valence-electron chi connectivity index (χ0n) is 10.1. The van der Waals surface area contributed by atoms with Crippen LogP contribution < -0.4 is 0 Å². The van der Waals surface area contributed by atoms with Gasteiger partial charge in [0.2, 0.25) is 0 Å². The molecule has 0 saturated carbocycles. The summed E-state index contributed by atoms with van der Waals surface area (Å²) < 4.78 is 27.5. The molecule has 2 aromatic carbocycles. The van der Waals surface area contributed by atoms with Crippen LogP contribution in [0.25, 0.3) is 11.1 Å². The molecule has 0 radical (unpaired) electrons. The molecule has 0 bridgehead atoms. The first-order valence-corrected chi connectivity index (χ1v) is 5.53.